The van der Waals surface area contributed by atoms with E-state index in [2.05, 4.69) is 15.4 Å². The molecule has 6 nitrogen and oxygen atoms in total. The second-order valence-corrected chi connectivity index (χ2v) is 7.17. The number of aromatic nitrogens is 3. The van der Waals surface area contributed by atoms with Gasteiger partial charge in [-0.15, -0.1) is 0 Å². The molecule has 4 rings (SSSR count). The van der Waals surface area contributed by atoms with Gasteiger partial charge in [0, 0.05) is 19.2 Å². The van der Waals surface area contributed by atoms with Gasteiger partial charge < -0.3 is 10.1 Å². The number of amides is 1. The fraction of sp³-hybridized carbons (Fsp3) is 0.174. The van der Waals surface area contributed by atoms with E-state index in [1.54, 1.807) is 31.1 Å². The average Bonchev–Trinajstić information content (AvgIpc) is 3.17. The molecule has 0 saturated heterocycles. The molecular weight excluding hydrogens is 421 g/mol. The highest BCUT2D eigenvalue weighted by Gasteiger charge is 2.29. The van der Waals surface area contributed by atoms with Crippen LogP contribution in [0.15, 0.2) is 60.8 Å². The maximum Gasteiger partial charge on any atom is 0.416 e. The summed E-state index contributed by atoms with van der Waals surface area (Å²) in [5.74, 6) is 0.275. The maximum atomic E-state index is 13.0. The number of benzene rings is 2. The molecule has 0 atom stereocenters. The minimum absolute atomic E-state index is 0.0789. The van der Waals surface area contributed by atoms with Crippen molar-refractivity contribution in [2.75, 3.05) is 7.11 Å². The van der Waals surface area contributed by atoms with Crippen molar-refractivity contribution in [2.24, 2.45) is 7.05 Å². The molecule has 0 fully saturated rings. The molecule has 2 heterocycles. The number of pyridine rings is 1. The number of hydrogen-bond acceptors (Lipinski definition) is 4. The Morgan fingerprint density at radius 1 is 1.12 bits per heavy atom. The molecule has 0 bridgehead atoms. The third-order valence-corrected chi connectivity index (χ3v) is 5.05. The number of alkyl halides is 3. The second kappa shape index (κ2) is 8.33. The number of rotatable bonds is 5. The summed E-state index contributed by atoms with van der Waals surface area (Å²) in [4.78, 5) is 17.6. The third kappa shape index (κ3) is 4.27. The summed E-state index contributed by atoms with van der Waals surface area (Å²) in [6.07, 6.45) is -2.84. The van der Waals surface area contributed by atoms with Crippen LogP contribution in [0.3, 0.4) is 0 Å². The summed E-state index contributed by atoms with van der Waals surface area (Å²) in [7, 11) is 3.30. The largest absolute Gasteiger partial charge is 0.497 e. The van der Waals surface area contributed by atoms with E-state index < -0.39 is 11.7 Å². The Labute approximate surface area is 181 Å². The molecule has 164 valence electrons. The normalized spacial score (nSPS) is 11.5. The molecule has 0 unspecified atom stereocenters. The molecule has 0 radical (unpaired) electrons. The van der Waals surface area contributed by atoms with E-state index in [1.165, 1.54) is 12.1 Å². The van der Waals surface area contributed by atoms with Gasteiger partial charge in [0.05, 0.1) is 35.5 Å². The molecule has 0 aliphatic rings. The van der Waals surface area contributed by atoms with Crippen molar-refractivity contribution in [2.45, 2.75) is 12.7 Å². The van der Waals surface area contributed by atoms with Crippen molar-refractivity contribution < 1.29 is 22.7 Å². The summed E-state index contributed by atoms with van der Waals surface area (Å²) in [5.41, 5.74) is 2.05. The lowest BCUT2D eigenvalue weighted by Crippen LogP contribution is -2.23. The molecule has 1 amide bonds. The van der Waals surface area contributed by atoms with E-state index in [1.807, 2.05) is 24.3 Å². The van der Waals surface area contributed by atoms with Crippen LogP contribution in [0.5, 0.6) is 5.75 Å². The minimum Gasteiger partial charge on any atom is -0.497 e. The van der Waals surface area contributed by atoms with Crippen molar-refractivity contribution in [1.29, 1.82) is 0 Å². The molecule has 1 N–H and O–H groups in total. The predicted octanol–water partition coefficient (Wildman–Crippen LogP) is 4.59. The van der Waals surface area contributed by atoms with E-state index in [0.717, 1.165) is 17.7 Å². The van der Waals surface area contributed by atoms with Crippen LogP contribution in [-0.4, -0.2) is 27.8 Å². The number of halogens is 3. The molecule has 0 spiro atoms. The molecular formula is C23H19F3N4O2. The van der Waals surface area contributed by atoms with Gasteiger partial charge in [-0.3, -0.25) is 9.48 Å². The fourth-order valence-electron chi connectivity index (χ4n) is 3.32. The summed E-state index contributed by atoms with van der Waals surface area (Å²) in [5, 5.41) is 7.54. The minimum atomic E-state index is -4.40. The van der Waals surface area contributed by atoms with Crippen molar-refractivity contribution in [3.05, 3.63) is 77.5 Å². The fourth-order valence-corrected chi connectivity index (χ4v) is 3.32. The smallest absolute Gasteiger partial charge is 0.416 e. The maximum absolute atomic E-state index is 13.0. The van der Waals surface area contributed by atoms with Gasteiger partial charge in [0.2, 0.25) is 0 Å². The summed E-state index contributed by atoms with van der Waals surface area (Å²) in [6.45, 7) is 0.0789. The molecule has 4 aromatic rings. The zero-order valence-corrected chi connectivity index (χ0v) is 17.3. The van der Waals surface area contributed by atoms with Crippen LogP contribution in [0.2, 0.25) is 0 Å². The number of aryl methyl sites for hydroxylation is 1. The summed E-state index contributed by atoms with van der Waals surface area (Å²) >= 11 is 0. The van der Waals surface area contributed by atoms with Crippen LogP contribution in [0.25, 0.3) is 22.3 Å². The monoisotopic (exact) mass is 440 g/mol. The molecule has 2 aromatic heterocycles. The Hall–Kier alpha value is -3.88. The number of nitrogens with zero attached hydrogens (tertiary/aromatic N) is 3. The van der Waals surface area contributed by atoms with Crippen LogP contribution in [0.1, 0.15) is 21.5 Å². The highest BCUT2D eigenvalue weighted by Crippen LogP contribution is 2.29. The first-order valence-corrected chi connectivity index (χ1v) is 9.68. The lowest BCUT2D eigenvalue weighted by molar-refractivity contribution is -0.137. The number of ether oxygens (including phenoxy) is 1. The van der Waals surface area contributed by atoms with Gasteiger partial charge in [-0.1, -0.05) is 24.3 Å². The van der Waals surface area contributed by atoms with Gasteiger partial charge >= 0.3 is 6.18 Å². The van der Waals surface area contributed by atoms with Gasteiger partial charge in [-0.25, -0.2) is 4.98 Å². The van der Waals surface area contributed by atoms with E-state index in [0.29, 0.717) is 33.6 Å². The van der Waals surface area contributed by atoms with Crippen molar-refractivity contribution in [3.63, 3.8) is 0 Å². The molecule has 0 saturated carbocycles. The highest BCUT2D eigenvalue weighted by molar-refractivity contribution is 6.06. The molecule has 0 aliphatic heterocycles. The second-order valence-electron chi connectivity index (χ2n) is 7.17. The van der Waals surface area contributed by atoms with Gasteiger partial charge in [-0.2, -0.15) is 18.3 Å². The average molecular weight is 440 g/mol. The number of methoxy groups -OCH3 is 1. The number of carbonyl (C=O) groups excluding carboxylic acids is 1. The van der Waals surface area contributed by atoms with E-state index >= 15 is 0 Å². The van der Waals surface area contributed by atoms with Crippen molar-refractivity contribution >= 4 is 16.9 Å². The lowest BCUT2D eigenvalue weighted by Gasteiger charge is -2.11. The number of carbonyl (C=O) groups is 1. The van der Waals surface area contributed by atoms with Crippen LogP contribution in [0, 0.1) is 0 Å². The zero-order valence-electron chi connectivity index (χ0n) is 17.3. The number of nitrogens with one attached hydrogen (secondary N) is 1. The zero-order chi connectivity index (χ0) is 22.9. The predicted molar refractivity (Wildman–Crippen MR) is 113 cm³/mol. The van der Waals surface area contributed by atoms with E-state index in [-0.39, 0.29) is 12.5 Å². The first-order chi connectivity index (χ1) is 15.3. The Kier molecular flexibility index (Phi) is 5.56. The van der Waals surface area contributed by atoms with Gasteiger partial charge in [-0.05, 0) is 35.9 Å². The quantitative estimate of drug-likeness (QED) is 0.493. The van der Waals surface area contributed by atoms with Gasteiger partial charge in [0.15, 0.2) is 5.65 Å². The Balaban J connectivity index is 1.63. The molecule has 9 heteroatoms. The van der Waals surface area contributed by atoms with Gasteiger partial charge in [0.1, 0.15) is 5.75 Å². The summed E-state index contributed by atoms with van der Waals surface area (Å²) < 4.78 is 45.1. The van der Waals surface area contributed by atoms with Crippen LogP contribution in [0.4, 0.5) is 13.2 Å². The topological polar surface area (TPSA) is 69.0 Å². The first kappa shape index (κ1) is 21.4. The molecule has 0 aliphatic carbocycles. The van der Waals surface area contributed by atoms with Crippen molar-refractivity contribution in [1.82, 2.24) is 20.1 Å². The third-order valence-electron chi connectivity index (χ3n) is 5.05. The van der Waals surface area contributed by atoms with Crippen LogP contribution in [-0.2, 0) is 19.8 Å². The molecule has 32 heavy (non-hydrogen) atoms. The van der Waals surface area contributed by atoms with Crippen molar-refractivity contribution in [3.8, 4) is 17.0 Å². The Morgan fingerprint density at radius 2 is 1.88 bits per heavy atom. The first-order valence-electron chi connectivity index (χ1n) is 9.68. The Morgan fingerprint density at radius 3 is 2.56 bits per heavy atom. The van der Waals surface area contributed by atoms with Gasteiger partial charge in [0.25, 0.3) is 5.91 Å². The number of fused-ring (bicyclic) bond motifs is 1. The highest BCUT2D eigenvalue weighted by atomic mass is 19.4. The van der Waals surface area contributed by atoms with Crippen LogP contribution >= 0.6 is 0 Å². The number of hydrogen-bond donors (Lipinski definition) is 1. The lowest BCUT2D eigenvalue weighted by atomic mass is 10.1. The standard InChI is InChI=1S/C23H19F3N4O2/c1-30-21-19(13-28-30)18(11-20(29-21)15-4-3-5-17(10-15)32-2)22(31)27-12-14-6-8-16(9-7-14)23(24,25)26/h3-11,13H,12H2,1-2H3,(H,27,31). The summed E-state index contributed by atoms with van der Waals surface area (Å²) in [6, 6.07) is 13.7. The van der Waals surface area contributed by atoms with E-state index in [4.69, 9.17) is 4.74 Å². The van der Waals surface area contributed by atoms with Crippen LogP contribution < -0.4 is 10.1 Å². The molecule has 2 aromatic carbocycles. The Bertz CT molecular complexity index is 1280. The SMILES string of the molecule is COc1cccc(-c2cc(C(=O)NCc3ccc(C(F)(F)F)cc3)c3cnn(C)c3n2)c1. The van der Waals surface area contributed by atoms with E-state index in [9.17, 15) is 18.0 Å².